The van der Waals surface area contributed by atoms with E-state index in [1.54, 1.807) is 17.5 Å². The van der Waals surface area contributed by atoms with Gasteiger partial charge in [0.1, 0.15) is 10.6 Å². The highest BCUT2D eigenvalue weighted by Crippen LogP contribution is 2.36. The monoisotopic (exact) mass is 425 g/mol. The molecule has 3 heterocycles. The van der Waals surface area contributed by atoms with Gasteiger partial charge < -0.3 is 10.2 Å². The zero-order valence-electron chi connectivity index (χ0n) is 19.0. The number of hydrogen-bond acceptors (Lipinski definition) is 6. The molecule has 2 aromatic rings. The molecule has 0 saturated carbocycles. The molecule has 0 unspecified atom stereocenters. The Morgan fingerprint density at radius 2 is 1.97 bits per heavy atom. The Morgan fingerprint density at radius 3 is 2.57 bits per heavy atom. The molecule has 0 bridgehead atoms. The van der Waals surface area contributed by atoms with Crippen LogP contribution in [0, 0.1) is 5.92 Å². The van der Waals surface area contributed by atoms with Crippen molar-refractivity contribution in [3.63, 3.8) is 0 Å². The van der Waals surface area contributed by atoms with E-state index in [1.807, 2.05) is 0 Å². The van der Waals surface area contributed by atoms with Gasteiger partial charge in [0.05, 0.1) is 5.39 Å². The largest absolute Gasteiger partial charge is 0.388 e. The lowest BCUT2D eigenvalue weighted by atomic mass is 10.1. The van der Waals surface area contributed by atoms with Crippen LogP contribution in [-0.2, 0) is 0 Å². The predicted octanol–water partition coefficient (Wildman–Crippen LogP) is 6.00. The van der Waals surface area contributed by atoms with Gasteiger partial charge in [-0.15, -0.1) is 11.3 Å². The average Bonchev–Trinajstić information content (AvgIpc) is 3.17. The van der Waals surface area contributed by atoms with E-state index in [2.05, 4.69) is 68.7 Å². The van der Waals surface area contributed by atoms with Crippen LogP contribution in [0.3, 0.4) is 0 Å². The second-order valence-corrected chi connectivity index (χ2v) is 9.55. The summed E-state index contributed by atoms with van der Waals surface area (Å²) in [6, 6.07) is 2.29. The second kappa shape index (κ2) is 10.2. The van der Waals surface area contributed by atoms with Crippen LogP contribution in [0.1, 0.15) is 70.5 Å². The summed E-state index contributed by atoms with van der Waals surface area (Å²) in [5.41, 5.74) is 2.05. The SMILES string of the molecule is C=N/C=C(\C=C(\NCC)C(C)C)c1nc(N2CCCCC2)c2cc(C(C)C)sc2n1. The molecule has 5 nitrogen and oxygen atoms in total. The summed E-state index contributed by atoms with van der Waals surface area (Å²) in [6.07, 6.45) is 7.64. The van der Waals surface area contributed by atoms with E-state index in [0.29, 0.717) is 11.8 Å². The van der Waals surface area contributed by atoms with Crippen LogP contribution in [0.15, 0.2) is 29.0 Å². The first-order chi connectivity index (χ1) is 14.4. The number of nitrogens with zero attached hydrogens (tertiary/aromatic N) is 4. The van der Waals surface area contributed by atoms with E-state index in [1.165, 1.54) is 29.5 Å². The lowest BCUT2D eigenvalue weighted by Gasteiger charge is -2.28. The van der Waals surface area contributed by atoms with Crippen molar-refractivity contribution >= 4 is 39.7 Å². The summed E-state index contributed by atoms with van der Waals surface area (Å²) in [6.45, 7) is 17.6. The summed E-state index contributed by atoms with van der Waals surface area (Å²) in [5.74, 6) is 2.64. The third-order valence-corrected chi connectivity index (χ3v) is 6.75. The van der Waals surface area contributed by atoms with Crippen molar-refractivity contribution in [2.45, 2.75) is 59.8 Å². The molecule has 1 aliphatic heterocycles. The fraction of sp³-hybridized carbons (Fsp3) is 0.542. The van der Waals surface area contributed by atoms with E-state index in [9.17, 15) is 0 Å². The first-order valence-corrected chi connectivity index (χ1v) is 11.9. The van der Waals surface area contributed by atoms with Crippen molar-refractivity contribution in [1.82, 2.24) is 15.3 Å². The standard InChI is InChI=1S/C24H35N5S/c1-7-26-20(16(2)3)13-18(15-25-6)22-27-23(29-11-9-8-10-12-29)19-14-21(17(4)5)30-24(19)28-22/h13-17,26H,6-12H2,1-5H3/b18-15+,20-13+. The molecule has 1 aliphatic rings. The number of aromatic nitrogens is 2. The molecular weight excluding hydrogens is 390 g/mol. The fourth-order valence-corrected chi connectivity index (χ4v) is 4.76. The normalized spacial score (nSPS) is 16.0. The van der Waals surface area contributed by atoms with Gasteiger partial charge in [-0.05, 0) is 56.9 Å². The first kappa shape index (κ1) is 22.5. The Hall–Kier alpha value is -2.21. The summed E-state index contributed by atoms with van der Waals surface area (Å²) >= 11 is 1.78. The number of allylic oxidation sites excluding steroid dienone is 3. The van der Waals surface area contributed by atoms with Gasteiger partial charge in [0.15, 0.2) is 5.82 Å². The molecule has 0 radical (unpaired) electrons. The number of fused-ring (bicyclic) bond motifs is 1. The number of thiophene rings is 1. The zero-order chi connectivity index (χ0) is 21.7. The van der Waals surface area contributed by atoms with E-state index in [0.717, 1.165) is 47.4 Å². The van der Waals surface area contributed by atoms with Crippen molar-refractivity contribution in [2.24, 2.45) is 10.9 Å². The molecule has 1 fully saturated rings. The van der Waals surface area contributed by atoms with Crippen molar-refractivity contribution in [2.75, 3.05) is 24.5 Å². The minimum absolute atomic E-state index is 0.373. The minimum atomic E-state index is 0.373. The first-order valence-electron chi connectivity index (χ1n) is 11.1. The topological polar surface area (TPSA) is 53.4 Å². The van der Waals surface area contributed by atoms with Crippen LogP contribution in [0.5, 0.6) is 0 Å². The van der Waals surface area contributed by atoms with Crippen molar-refractivity contribution in [3.05, 3.63) is 34.7 Å². The Labute approximate surface area is 185 Å². The molecule has 162 valence electrons. The summed E-state index contributed by atoms with van der Waals surface area (Å²) in [4.78, 5) is 19.0. The quantitative estimate of drug-likeness (QED) is 0.416. The molecular formula is C24H35N5S. The van der Waals surface area contributed by atoms with Gasteiger partial charge >= 0.3 is 0 Å². The lowest BCUT2D eigenvalue weighted by Crippen LogP contribution is -2.30. The van der Waals surface area contributed by atoms with Crippen LogP contribution >= 0.6 is 11.3 Å². The Morgan fingerprint density at radius 1 is 1.23 bits per heavy atom. The molecule has 1 N–H and O–H groups in total. The van der Waals surface area contributed by atoms with Gasteiger partial charge in [0, 0.05) is 42.0 Å². The molecule has 2 aromatic heterocycles. The smallest absolute Gasteiger partial charge is 0.164 e. The Bertz CT molecular complexity index is 932. The maximum absolute atomic E-state index is 5.08. The molecule has 6 heteroatoms. The van der Waals surface area contributed by atoms with Gasteiger partial charge in [-0.3, -0.25) is 4.99 Å². The van der Waals surface area contributed by atoms with E-state index in [-0.39, 0.29) is 0 Å². The van der Waals surface area contributed by atoms with Crippen molar-refractivity contribution in [1.29, 1.82) is 0 Å². The third-order valence-electron chi connectivity index (χ3n) is 5.42. The van der Waals surface area contributed by atoms with Crippen LogP contribution in [0.2, 0.25) is 0 Å². The Balaban J connectivity index is 2.16. The van der Waals surface area contributed by atoms with Crippen molar-refractivity contribution in [3.8, 4) is 0 Å². The van der Waals surface area contributed by atoms with Gasteiger partial charge in [0.2, 0.25) is 0 Å². The maximum Gasteiger partial charge on any atom is 0.164 e. The van der Waals surface area contributed by atoms with Gasteiger partial charge in [-0.25, -0.2) is 9.97 Å². The predicted molar refractivity (Wildman–Crippen MR) is 132 cm³/mol. The highest BCUT2D eigenvalue weighted by molar-refractivity contribution is 7.18. The number of rotatable bonds is 8. The molecule has 0 spiro atoms. The van der Waals surface area contributed by atoms with E-state index >= 15 is 0 Å². The van der Waals surface area contributed by atoms with Crippen molar-refractivity contribution < 1.29 is 0 Å². The second-order valence-electron chi connectivity index (χ2n) is 8.49. The molecule has 30 heavy (non-hydrogen) atoms. The molecule has 1 saturated heterocycles. The van der Waals surface area contributed by atoms with E-state index < -0.39 is 0 Å². The number of anilines is 1. The summed E-state index contributed by atoms with van der Waals surface area (Å²) in [7, 11) is 0. The average molecular weight is 426 g/mol. The van der Waals surface area contributed by atoms with E-state index in [4.69, 9.17) is 9.97 Å². The summed E-state index contributed by atoms with van der Waals surface area (Å²) in [5, 5.41) is 4.65. The highest BCUT2D eigenvalue weighted by Gasteiger charge is 2.21. The lowest BCUT2D eigenvalue weighted by molar-refractivity contribution is 0.574. The Kier molecular flexibility index (Phi) is 7.64. The molecule has 0 aliphatic carbocycles. The zero-order valence-corrected chi connectivity index (χ0v) is 19.9. The highest BCUT2D eigenvalue weighted by atomic mass is 32.1. The van der Waals surface area contributed by atoms with Crippen LogP contribution < -0.4 is 10.2 Å². The molecule has 0 aromatic carbocycles. The van der Waals surface area contributed by atoms with Gasteiger partial charge in [-0.2, -0.15) is 0 Å². The molecule has 3 rings (SSSR count). The summed E-state index contributed by atoms with van der Waals surface area (Å²) < 4.78 is 0. The van der Waals surface area contributed by atoms with Crippen LogP contribution in [0.25, 0.3) is 15.8 Å². The van der Waals surface area contributed by atoms with Crippen LogP contribution in [0.4, 0.5) is 5.82 Å². The van der Waals surface area contributed by atoms with Gasteiger partial charge in [0.25, 0.3) is 0 Å². The van der Waals surface area contributed by atoms with Gasteiger partial charge in [-0.1, -0.05) is 27.7 Å². The number of piperidine rings is 1. The third kappa shape index (κ3) is 5.09. The molecule has 0 atom stereocenters. The number of aliphatic imine (C=N–C) groups is 1. The van der Waals surface area contributed by atoms with Crippen LogP contribution in [-0.4, -0.2) is 36.3 Å². The number of hydrogen-bond donors (Lipinski definition) is 1. The fourth-order valence-electron chi connectivity index (χ4n) is 3.74. The molecule has 0 amide bonds. The maximum atomic E-state index is 5.08. The minimum Gasteiger partial charge on any atom is -0.388 e. The number of nitrogens with one attached hydrogen (secondary N) is 1.